The predicted molar refractivity (Wildman–Crippen MR) is 77.6 cm³/mol. The van der Waals surface area contributed by atoms with Gasteiger partial charge in [0, 0.05) is 23.2 Å². The first-order valence-corrected chi connectivity index (χ1v) is 6.68. The summed E-state index contributed by atoms with van der Waals surface area (Å²) in [4.78, 5) is 14.5. The Morgan fingerprint density at radius 2 is 2.45 bits per heavy atom. The van der Waals surface area contributed by atoms with Gasteiger partial charge in [-0.25, -0.2) is 4.98 Å². The lowest BCUT2D eigenvalue weighted by Crippen LogP contribution is -1.98. The molecule has 1 aromatic heterocycles. The van der Waals surface area contributed by atoms with Crippen molar-refractivity contribution in [2.24, 2.45) is 5.10 Å². The van der Waals surface area contributed by atoms with Gasteiger partial charge in [0.2, 0.25) is 5.13 Å². The van der Waals surface area contributed by atoms with Gasteiger partial charge in [-0.05, 0) is 19.1 Å². The van der Waals surface area contributed by atoms with E-state index in [2.05, 4.69) is 15.5 Å². The molecule has 0 fully saturated rings. The molecule has 0 radical (unpaired) electrons. The lowest BCUT2D eigenvalue weighted by atomic mass is 10.2. The summed E-state index contributed by atoms with van der Waals surface area (Å²) < 4.78 is 5.21. The number of benzene rings is 1. The highest BCUT2D eigenvalue weighted by molar-refractivity contribution is 7.13. The number of hydrazone groups is 1. The summed E-state index contributed by atoms with van der Waals surface area (Å²) in [6, 6.07) is 4.68. The molecule has 0 spiro atoms. The van der Waals surface area contributed by atoms with Gasteiger partial charge in [-0.3, -0.25) is 15.5 Å². The Morgan fingerprint density at radius 3 is 3.10 bits per heavy atom. The summed E-state index contributed by atoms with van der Waals surface area (Å²) >= 11 is 1.41. The third-order valence-corrected chi connectivity index (χ3v) is 2.96. The van der Waals surface area contributed by atoms with Gasteiger partial charge in [0.25, 0.3) is 0 Å². The van der Waals surface area contributed by atoms with Gasteiger partial charge >= 0.3 is 5.69 Å². The Morgan fingerprint density at radius 1 is 1.60 bits per heavy atom. The molecule has 8 heteroatoms. The molecule has 0 aliphatic carbocycles. The molecule has 0 aliphatic rings. The molecule has 2 rings (SSSR count). The SMILES string of the molecule is CCOc1ccc(/C=N\Nc2nccs2)cc1[N+](=O)[O-]. The van der Waals surface area contributed by atoms with E-state index in [0.29, 0.717) is 17.3 Å². The van der Waals surface area contributed by atoms with Gasteiger partial charge in [-0.1, -0.05) is 0 Å². The Kier molecular flexibility index (Phi) is 4.61. The number of aromatic nitrogens is 1. The fraction of sp³-hybridized carbons (Fsp3) is 0.167. The number of hydrogen-bond donors (Lipinski definition) is 1. The number of nitro benzene ring substituents is 1. The van der Waals surface area contributed by atoms with Crippen LogP contribution < -0.4 is 10.2 Å². The topological polar surface area (TPSA) is 89.7 Å². The minimum atomic E-state index is -0.476. The van der Waals surface area contributed by atoms with E-state index in [9.17, 15) is 10.1 Å². The van der Waals surface area contributed by atoms with E-state index in [1.807, 2.05) is 5.38 Å². The van der Waals surface area contributed by atoms with Crippen LogP contribution in [-0.2, 0) is 0 Å². The molecule has 104 valence electrons. The number of hydrogen-bond acceptors (Lipinski definition) is 7. The van der Waals surface area contributed by atoms with E-state index in [4.69, 9.17) is 4.74 Å². The maximum atomic E-state index is 11.0. The second-order valence-electron chi connectivity index (χ2n) is 3.62. The van der Waals surface area contributed by atoms with Crippen molar-refractivity contribution in [3.8, 4) is 5.75 Å². The van der Waals surface area contributed by atoms with E-state index < -0.39 is 4.92 Å². The third kappa shape index (κ3) is 3.51. The number of thiazole rings is 1. The molecular formula is C12H12N4O3S. The molecule has 0 bridgehead atoms. The molecule has 0 unspecified atom stereocenters. The molecule has 0 atom stereocenters. The van der Waals surface area contributed by atoms with Crippen LogP contribution in [0.15, 0.2) is 34.9 Å². The lowest BCUT2D eigenvalue weighted by molar-refractivity contribution is -0.385. The van der Waals surface area contributed by atoms with Crippen molar-refractivity contribution in [3.63, 3.8) is 0 Å². The second kappa shape index (κ2) is 6.62. The molecule has 0 saturated carbocycles. The Balaban J connectivity index is 2.14. The summed E-state index contributed by atoms with van der Waals surface area (Å²) in [5.41, 5.74) is 3.26. The normalized spacial score (nSPS) is 10.7. The Bertz CT molecular complexity index is 613. The summed E-state index contributed by atoms with van der Waals surface area (Å²) in [5, 5.41) is 17.4. The first-order chi connectivity index (χ1) is 9.70. The predicted octanol–water partition coefficient (Wildman–Crippen LogP) is 2.90. The molecule has 20 heavy (non-hydrogen) atoms. The maximum Gasteiger partial charge on any atom is 0.311 e. The zero-order chi connectivity index (χ0) is 14.4. The first kappa shape index (κ1) is 13.9. The summed E-state index contributed by atoms with van der Waals surface area (Å²) in [6.07, 6.45) is 3.15. The number of anilines is 1. The number of ether oxygens (including phenoxy) is 1. The lowest BCUT2D eigenvalue weighted by Gasteiger charge is -2.04. The quantitative estimate of drug-likeness (QED) is 0.502. The van der Waals surface area contributed by atoms with Crippen LogP contribution in [0.2, 0.25) is 0 Å². The summed E-state index contributed by atoms with van der Waals surface area (Å²) in [7, 11) is 0. The minimum absolute atomic E-state index is 0.0787. The van der Waals surface area contributed by atoms with Crippen LogP contribution in [0.3, 0.4) is 0 Å². The van der Waals surface area contributed by atoms with Crippen molar-refractivity contribution in [1.82, 2.24) is 4.98 Å². The van der Waals surface area contributed by atoms with E-state index in [-0.39, 0.29) is 11.4 Å². The largest absolute Gasteiger partial charge is 0.487 e. The van der Waals surface area contributed by atoms with Gasteiger partial charge in [0.15, 0.2) is 5.75 Å². The average molecular weight is 292 g/mol. The van der Waals surface area contributed by atoms with Crippen molar-refractivity contribution < 1.29 is 9.66 Å². The molecule has 2 aromatic rings. The summed E-state index contributed by atoms with van der Waals surface area (Å²) in [5.74, 6) is 0.252. The fourth-order valence-corrected chi connectivity index (χ4v) is 1.95. The first-order valence-electron chi connectivity index (χ1n) is 5.80. The average Bonchev–Trinajstić information content (AvgIpc) is 2.93. The van der Waals surface area contributed by atoms with E-state index in [0.717, 1.165) is 0 Å². The van der Waals surface area contributed by atoms with Gasteiger partial charge in [0.05, 0.1) is 17.7 Å². The van der Waals surface area contributed by atoms with Crippen molar-refractivity contribution in [2.75, 3.05) is 12.0 Å². The highest BCUT2D eigenvalue weighted by Crippen LogP contribution is 2.27. The molecule has 1 N–H and O–H groups in total. The maximum absolute atomic E-state index is 11.0. The van der Waals surface area contributed by atoms with Crippen LogP contribution >= 0.6 is 11.3 Å². The third-order valence-electron chi connectivity index (χ3n) is 2.29. The monoisotopic (exact) mass is 292 g/mol. The number of nitrogens with one attached hydrogen (secondary N) is 1. The van der Waals surface area contributed by atoms with E-state index in [1.54, 1.807) is 25.3 Å². The van der Waals surface area contributed by atoms with Crippen LogP contribution in [0.5, 0.6) is 5.75 Å². The van der Waals surface area contributed by atoms with Gasteiger partial charge in [0.1, 0.15) is 0 Å². The molecule has 1 aromatic carbocycles. The number of nitro groups is 1. The van der Waals surface area contributed by atoms with Crippen LogP contribution in [0.4, 0.5) is 10.8 Å². The molecule has 0 amide bonds. The molecule has 7 nitrogen and oxygen atoms in total. The van der Waals surface area contributed by atoms with E-state index in [1.165, 1.54) is 23.6 Å². The fourth-order valence-electron chi connectivity index (χ4n) is 1.48. The van der Waals surface area contributed by atoms with Gasteiger partial charge in [-0.2, -0.15) is 5.10 Å². The second-order valence-corrected chi connectivity index (χ2v) is 4.52. The minimum Gasteiger partial charge on any atom is -0.487 e. The molecule has 0 aliphatic heterocycles. The van der Waals surface area contributed by atoms with Crippen LogP contribution in [0.1, 0.15) is 12.5 Å². The summed E-state index contributed by atoms with van der Waals surface area (Å²) in [6.45, 7) is 2.15. The Labute approximate surface area is 119 Å². The van der Waals surface area contributed by atoms with Crippen LogP contribution in [-0.4, -0.2) is 22.7 Å². The van der Waals surface area contributed by atoms with Crippen molar-refractivity contribution in [1.29, 1.82) is 0 Å². The van der Waals surface area contributed by atoms with Gasteiger partial charge in [-0.15, -0.1) is 11.3 Å². The van der Waals surface area contributed by atoms with Crippen molar-refractivity contribution >= 4 is 28.4 Å². The molecular weight excluding hydrogens is 280 g/mol. The highest BCUT2D eigenvalue weighted by atomic mass is 32.1. The smallest absolute Gasteiger partial charge is 0.311 e. The van der Waals surface area contributed by atoms with Crippen molar-refractivity contribution in [2.45, 2.75) is 6.92 Å². The molecule has 0 saturated heterocycles. The zero-order valence-electron chi connectivity index (χ0n) is 10.6. The molecule has 1 heterocycles. The standard InChI is InChI=1S/C12H12N4O3S/c1-2-19-11-4-3-9(7-10(11)16(17)18)8-14-15-12-13-5-6-20-12/h3-8H,2H2,1H3,(H,13,15)/b14-8-. The van der Waals surface area contributed by atoms with Gasteiger partial charge < -0.3 is 4.74 Å². The number of rotatable bonds is 6. The Hall–Kier alpha value is -2.48. The zero-order valence-corrected chi connectivity index (χ0v) is 11.5. The van der Waals surface area contributed by atoms with Crippen molar-refractivity contribution in [3.05, 3.63) is 45.5 Å². The van der Waals surface area contributed by atoms with Crippen LogP contribution in [0, 0.1) is 10.1 Å². The van der Waals surface area contributed by atoms with E-state index >= 15 is 0 Å². The highest BCUT2D eigenvalue weighted by Gasteiger charge is 2.14. The van der Waals surface area contributed by atoms with Crippen LogP contribution in [0.25, 0.3) is 0 Å². The number of nitrogens with zero attached hydrogens (tertiary/aromatic N) is 3.